The second-order valence-corrected chi connectivity index (χ2v) is 4.37. The third-order valence-corrected chi connectivity index (χ3v) is 3.12. The Hall–Kier alpha value is -1.09. The van der Waals surface area contributed by atoms with Gasteiger partial charge in [-0.05, 0) is 24.6 Å². The zero-order valence-corrected chi connectivity index (χ0v) is 8.85. The van der Waals surface area contributed by atoms with Gasteiger partial charge in [-0.3, -0.25) is 0 Å². The first kappa shape index (κ1) is 8.51. The van der Waals surface area contributed by atoms with Gasteiger partial charge in [0.1, 0.15) is 0 Å². The highest BCUT2D eigenvalue weighted by Crippen LogP contribution is 2.27. The van der Waals surface area contributed by atoms with Crippen LogP contribution in [0.5, 0.6) is 0 Å². The number of anilines is 1. The Balaban J connectivity index is 2.62. The topological polar surface area (TPSA) is 16.1 Å². The molecule has 2 aromatic rings. The van der Waals surface area contributed by atoms with E-state index in [4.69, 9.17) is 0 Å². The standard InChI is InChI=1S/C10H12N2S/c1-7-4-5-9-8(6-7)11-10(13-9)12(2)3/h4-6H,1-3H3. The molecule has 0 atom stereocenters. The van der Waals surface area contributed by atoms with E-state index in [1.807, 2.05) is 19.0 Å². The van der Waals surface area contributed by atoms with E-state index < -0.39 is 0 Å². The van der Waals surface area contributed by atoms with Crippen molar-refractivity contribution in [3.05, 3.63) is 23.8 Å². The molecule has 0 N–H and O–H groups in total. The third kappa shape index (κ3) is 1.52. The zero-order valence-electron chi connectivity index (χ0n) is 8.03. The first-order valence-corrected chi connectivity index (χ1v) is 5.03. The number of aryl methyl sites for hydroxylation is 1. The zero-order chi connectivity index (χ0) is 9.42. The summed E-state index contributed by atoms with van der Waals surface area (Å²) in [5.74, 6) is 0. The Morgan fingerprint density at radius 1 is 1.31 bits per heavy atom. The predicted molar refractivity (Wildman–Crippen MR) is 58.7 cm³/mol. The molecule has 1 aromatic heterocycles. The molecule has 0 saturated heterocycles. The van der Waals surface area contributed by atoms with Gasteiger partial charge in [0.05, 0.1) is 10.2 Å². The number of thiazole rings is 1. The van der Waals surface area contributed by atoms with Crippen LogP contribution in [-0.4, -0.2) is 19.1 Å². The van der Waals surface area contributed by atoms with Crippen LogP contribution < -0.4 is 4.90 Å². The lowest BCUT2D eigenvalue weighted by Gasteiger charge is -2.04. The summed E-state index contributed by atoms with van der Waals surface area (Å²) < 4.78 is 1.26. The third-order valence-electron chi connectivity index (χ3n) is 1.91. The summed E-state index contributed by atoms with van der Waals surface area (Å²) in [6, 6.07) is 6.38. The average molecular weight is 192 g/mol. The highest BCUT2D eigenvalue weighted by Gasteiger charge is 2.04. The molecule has 0 aliphatic heterocycles. The summed E-state index contributed by atoms with van der Waals surface area (Å²) in [7, 11) is 4.04. The minimum atomic E-state index is 1.07. The molecule has 0 amide bonds. The van der Waals surface area contributed by atoms with Crippen molar-refractivity contribution < 1.29 is 0 Å². The maximum absolute atomic E-state index is 4.52. The van der Waals surface area contributed by atoms with E-state index >= 15 is 0 Å². The Labute approximate surface area is 81.8 Å². The fourth-order valence-electron chi connectivity index (χ4n) is 1.22. The van der Waals surface area contributed by atoms with Crippen LogP contribution in [0.3, 0.4) is 0 Å². The van der Waals surface area contributed by atoms with Crippen LogP contribution in [0.1, 0.15) is 5.56 Å². The molecular formula is C10H12N2S. The van der Waals surface area contributed by atoms with Crippen LogP contribution in [-0.2, 0) is 0 Å². The first-order valence-electron chi connectivity index (χ1n) is 4.21. The van der Waals surface area contributed by atoms with E-state index in [0.29, 0.717) is 0 Å². The van der Waals surface area contributed by atoms with E-state index in [2.05, 4.69) is 30.1 Å². The van der Waals surface area contributed by atoms with Crippen LogP contribution in [0.2, 0.25) is 0 Å². The fraction of sp³-hybridized carbons (Fsp3) is 0.300. The van der Waals surface area contributed by atoms with Crippen molar-refractivity contribution in [1.82, 2.24) is 4.98 Å². The number of nitrogens with zero attached hydrogens (tertiary/aromatic N) is 2. The van der Waals surface area contributed by atoms with Gasteiger partial charge >= 0.3 is 0 Å². The molecule has 2 rings (SSSR count). The summed E-state index contributed by atoms with van der Waals surface area (Å²) in [6.45, 7) is 2.09. The largest absolute Gasteiger partial charge is 0.354 e. The van der Waals surface area contributed by atoms with Crippen molar-refractivity contribution in [2.24, 2.45) is 0 Å². The molecule has 13 heavy (non-hydrogen) atoms. The van der Waals surface area contributed by atoms with Gasteiger partial charge in [-0.25, -0.2) is 4.98 Å². The van der Waals surface area contributed by atoms with E-state index in [1.54, 1.807) is 11.3 Å². The molecule has 0 unspecified atom stereocenters. The number of rotatable bonds is 1. The molecule has 2 nitrogen and oxygen atoms in total. The summed E-state index contributed by atoms with van der Waals surface area (Å²) in [6.07, 6.45) is 0. The van der Waals surface area contributed by atoms with Crippen molar-refractivity contribution in [3.63, 3.8) is 0 Å². The number of benzene rings is 1. The molecular weight excluding hydrogens is 180 g/mol. The Morgan fingerprint density at radius 3 is 2.77 bits per heavy atom. The van der Waals surface area contributed by atoms with Crippen molar-refractivity contribution in [3.8, 4) is 0 Å². The fourth-order valence-corrected chi connectivity index (χ4v) is 2.09. The predicted octanol–water partition coefficient (Wildman–Crippen LogP) is 2.67. The lowest BCUT2D eigenvalue weighted by molar-refractivity contribution is 1.11. The SMILES string of the molecule is Cc1ccc2sc(N(C)C)nc2c1. The number of hydrogen-bond acceptors (Lipinski definition) is 3. The molecule has 0 saturated carbocycles. The van der Waals surface area contributed by atoms with Gasteiger partial charge in [-0.1, -0.05) is 17.4 Å². The second kappa shape index (κ2) is 3.00. The highest BCUT2D eigenvalue weighted by molar-refractivity contribution is 7.22. The van der Waals surface area contributed by atoms with Gasteiger partial charge in [0.2, 0.25) is 0 Å². The molecule has 68 valence electrons. The van der Waals surface area contributed by atoms with Crippen LogP contribution in [0.4, 0.5) is 5.13 Å². The van der Waals surface area contributed by atoms with Gasteiger partial charge in [0.25, 0.3) is 0 Å². The molecule has 0 aliphatic rings. The minimum absolute atomic E-state index is 1.07. The molecule has 0 aliphatic carbocycles. The summed E-state index contributed by atoms with van der Waals surface area (Å²) in [4.78, 5) is 6.56. The minimum Gasteiger partial charge on any atom is -0.354 e. The van der Waals surface area contributed by atoms with Crippen molar-refractivity contribution >= 4 is 26.7 Å². The second-order valence-electron chi connectivity index (χ2n) is 3.36. The van der Waals surface area contributed by atoms with Crippen LogP contribution >= 0.6 is 11.3 Å². The number of hydrogen-bond donors (Lipinski definition) is 0. The van der Waals surface area contributed by atoms with Gasteiger partial charge in [0.15, 0.2) is 5.13 Å². The summed E-state index contributed by atoms with van der Waals surface area (Å²) in [5, 5.41) is 1.07. The van der Waals surface area contributed by atoms with E-state index in [1.165, 1.54) is 10.3 Å². The van der Waals surface area contributed by atoms with Gasteiger partial charge < -0.3 is 4.90 Å². The smallest absolute Gasteiger partial charge is 0.185 e. The quantitative estimate of drug-likeness (QED) is 0.690. The summed E-state index contributed by atoms with van der Waals surface area (Å²) >= 11 is 1.73. The lowest BCUT2D eigenvalue weighted by Crippen LogP contribution is -2.07. The molecule has 0 spiro atoms. The Morgan fingerprint density at radius 2 is 2.08 bits per heavy atom. The summed E-state index contributed by atoms with van der Waals surface area (Å²) in [5.41, 5.74) is 2.37. The van der Waals surface area contributed by atoms with Crippen LogP contribution in [0.15, 0.2) is 18.2 Å². The van der Waals surface area contributed by atoms with Crippen LogP contribution in [0, 0.1) is 6.92 Å². The maximum Gasteiger partial charge on any atom is 0.185 e. The van der Waals surface area contributed by atoms with Crippen molar-refractivity contribution in [2.45, 2.75) is 6.92 Å². The average Bonchev–Trinajstić information content (AvgIpc) is 2.46. The normalized spacial score (nSPS) is 10.7. The lowest BCUT2D eigenvalue weighted by atomic mass is 10.2. The van der Waals surface area contributed by atoms with Crippen molar-refractivity contribution in [2.75, 3.05) is 19.0 Å². The van der Waals surface area contributed by atoms with Gasteiger partial charge in [-0.2, -0.15) is 0 Å². The highest BCUT2D eigenvalue weighted by atomic mass is 32.1. The molecule has 3 heteroatoms. The Bertz CT molecular complexity index is 431. The van der Waals surface area contributed by atoms with Crippen molar-refractivity contribution in [1.29, 1.82) is 0 Å². The molecule has 1 heterocycles. The first-order chi connectivity index (χ1) is 6.16. The monoisotopic (exact) mass is 192 g/mol. The number of fused-ring (bicyclic) bond motifs is 1. The van der Waals surface area contributed by atoms with E-state index in [-0.39, 0.29) is 0 Å². The van der Waals surface area contributed by atoms with E-state index in [9.17, 15) is 0 Å². The maximum atomic E-state index is 4.52. The molecule has 1 aromatic carbocycles. The van der Waals surface area contributed by atoms with E-state index in [0.717, 1.165) is 10.6 Å². The number of aromatic nitrogens is 1. The molecule has 0 bridgehead atoms. The molecule has 0 fully saturated rings. The van der Waals surface area contributed by atoms with Gasteiger partial charge in [0, 0.05) is 14.1 Å². The van der Waals surface area contributed by atoms with Gasteiger partial charge in [-0.15, -0.1) is 0 Å². The molecule has 0 radical (unpaired) electrons. The Kier molecular flexibility index (Phi) is 1.96. The van der Waals surface area contributed by atoms with Crippen LogP contribution in [0.25, 0.3) is 10.2 Å².